The van der Waals surface area contributed by atoms with Crippen molar-refractivity contribution < 1.29 is 14.2 Å². The normalized spacial score (nSPS) is 20.3. The standard InChI is InChI=1S/C15H23NO3/c1-11-4-5-14(15(8-11)17-3)19-10-13(16-2)12-6-7-18-9-12/h4-5,8,12-13,16H,6-7,9-10H2,1-3H3. The number of hydrogen-bond donors (Lipinski definition) is 1. The molecule has 2 unspecified atom stereocenters. The molecule has 0 radical (unpaired) electrons. The third kappa shape index (κ3) is 3.61. The molecule has 1 aliphatic heterocycles. The van der Waals surface area contributed by atoms with Gasteiger partial charge in [0, 0.05) is 18.6 Å². The molecule has 106 valence electrons. The molecule has 1 saturated heterocycles. The molecule has 2 rings (SSSR count). The Morgan fingerprint density at radius 2 is 2.26 bits per heavy atom. The second-order valence-corrected chi connectivity index (χ2v) is 4.98. The van der Waals surface area contributed by atoms with Crippen molar-refractivity contribution in [2.24, 2.45) is 5.92 Å². The molecule has 0 aliphatic carbocycles. The summed E-state index contributed by atoms with van der Waals surface area (Å²) in [5.74, 6) is 2.12. The van der Waals surface area contributed by atoms with Crippen LogP contribution in [-0.2, 0) is 4.74 Å². The molecule has 4 nitrogen and oxygen atoms in total. The van der Waals surface area contributed by atoms with Crippen molar-refractivity contribution in [2.75, 3.05) is 34.0 Å². The number of methoxy groups -OCH3 is 1. The van der Waals surface area contributed by atoms with Crippen LogP contribution in [-0.4, -0.2) is 40.0 Å². The summed E-state index contributed by atoms with van der Waals surface area (Å²) in [4.78, 5) is 0. The molecule has 1 aliphatic rings. The van der Waals surface area contributed by atoms with E-state index in [9.17, 15) is 0 Å². The van der Waals surface area contributed by atoms with Crippen LogP contribution >= 0.6 is 0 Å². The van der Waals surface area contributed by atoms with E-state index in [4.69, 9.17) is 14.2 Å². The van der Waals surface area contributed by atoms with Crippen molar-refractivity contribution in [3.05, 3.63) is 23.8 Å². The summed E-state index contributed by atoms with van der Waals surface area (Å²) >= 11 is 0. The fourth-order valence-electron chi connectivity index (χ4n) is 2.40. The minimum atomic E-state index is 0.313. The molecule has 4 heteroatoms. The van der Waals surface area contributed by atoms with E-state index >= 15 is 0 Å². The highest BCUT2D eigenvalue weighted by Crippen LogP contribution is 2.28. The van der Waals surface area contributed by atoms with Crippen molar-refractivity contribution in [2.45, 2.75) is 19.4 Å². The quantitative estimate of drug-likeness (QED) is 0.854. The van der Waals surface area contributed by atoms with Gasteiger partial charge in [0.25, 0.3) is 0 Å². The van der Waals surface area contributed by atoms with Crippen LogP contribution in [0.1, 0.15) is 12.0 Å². The van der Waals surface area contributed by atoms with E-state index in [0.717, 1.165) is 31.1 Å². The highest BCUT2D eigenvalue weighted by atomic mass is 16.5. The number of aryl methyl sites for hydroxylation is 1. The summed E-state index contributed by atoms with van der Waals surface area (Å²) in [5.41, 5.74) is 1.17. The topological polar surface area (TPSA) is 39.7 Å². The zero-order valence-corrected chi connectivity index (χ0v) is 11.9. The lowest BCUT2D eigenvalue weighted by Gasteiger charge is -2.22. The van der Waals surface area contributed by atoms with Gasteiger partial charge in [-0.25, -0.2) is 0 Å². The molecular formula is C15H23NO3. The second-order valence-electron chi connectivity index (χ2n) is 4.98. The largest absolute Gasteiger partial charge is 0.493 e. The Kier molecular flexibility index (Phi) is 5.05. The van der Waals surface area contributed by atoms with E-state index in [1.165, 1.54) is 5.56 Å². The van der Waals surface area contributed by atoms with Gasteiger partial charge >= 0.3 is 0 Å². The maximum absolute atomic E-state index is 5.91. The van der Waals surface area contributed by atoms with Crippen LogP contribution in [0, 0.1) is 12.8 Å². The lowest BCUT2D eigenvalue weighted by Crippen LogP contribution is -2.39. The molecule has 19 heavy (non-hydrogen) atoms. The van der Waals surface area contributed by atoms with Crippen LogP contribution in [0.4, 0.5) is 0 Å². The Balaban J connectivity index is 1.96. The highest BCUT2D eigenvalue weighted by molar-refractivity contribution is 5.42. The molecule has 2 atom stereocenters. The van der Waals surface area contributed by atoms with E-state index in [1.807, 2.05) is 32.2 Å². The zero-order valence-electron chi connectivity index (χ0n) is 11.9. The third-order valence-electron chi connectivity index (χ3n) is 3.64. The first-order valence-electron chi connectivity index (χ1n) is 6.77. The van der Waals surface area contributed by atoms with E-state index < -0.39 is 0 Å². The van der Waals surface area contributed by atoms with Gasteiger partial charge in [0.05, 0.1) is 13.7 Å². The molecule has 1 aromatic rings. The zero-order chi connectivity index (χ0) is 13.7. The fourth-order valence-corrected chi connectivity index (χ4v) is 2.40. The Morgan fingerprint density at radius 1 is 1.42 bits per heavy atom. The Morgan fingerprint density at radius 3 is 2.89 bits per heavy atom. The number of likely N-dealkylation sites (N-methyl/N-ethyl adjacent to an activating group) is 1. The van der Waals surface area contributed by atoms with Crippen LogP contribution in [0.3, 0.4) is 0 Å². The minimum absolute atomic E-state index is 0.313. The van der Waals surface area contributed by atoms with E-state index in [-0.39, 0.29) is 0 Å². The van der Waals surface area contributed by atoms with Gasteiger partial charge in [-0.3, -0.25) is 0 Å². The highest BCUT2D eigenvalue weighted by Gasteiger charge is 2.25. The number of ether oxygens (including phenoxy) is 3. The van der Waals surface area contributed by atoms with E-state index in [1.54, 1.807) is 7.11 Å². The predicted octanol–water partition coefficient (Wildman–Crippen LogP) is 2.01. The minimum Gasteiger partial charge on any atom is -0.493 e. The molecule has 1 N–H and O–H groups in total. The number of benzene rings is 1. The Bertz CT molecular complexity index is 402. The predicted molar refractivity (Wildman–Crippen MR) is 75.0 cm³/mol. The summed E-state index contributed by atoms with van der Waals surface area (Å²) < 4.78 is 16.7. The third-order valence-corrected chi connectivity index (χ3v) is 3.64. The number of hydrogen-bond acceptors (Lipinski definition) is 4. The molecule has 0 spiro atoms. The van der Waals surface area contributed by atoms with Crippen LogP contribution < -0.4 is 14.8 Å². The first-order valence-corrected chi connectivity index (χ1v) is 6.77. The van der Waals surface area contributed by atoms with Crippen molar-refractivity contribution in [3.8, 4) is 11.5 Å². The average molecular weight is 265 g/mol. The van der Waals surface area contributed by atoms with Crippen molar-refractivity contribution in [1.29, 1.82) is 0 Å². The van der Waals surface area contributed by atoms with Gasteiger partial charge in [-0.15, -0.1) is 0 Å². The first-order chi connectivity index (χ1) is 9.24. The van der Waals surface area contributed by atoms with Crippen LogP contribution in [0.15, 0.2) is 18.2 Å². The smallest absolute Gasteiger partial charge is 0.161 e. The van der Waals surface area contributed by atoms with Gasteiger partial charge in [0.15, 0.2) is 11.5 Å². The molecule has 0 aromatic heterocycles. The van der Waals surface area contributed by atoms with E-state index in [2.05, 4.69) is 5.32 Å². The summed E-state index contributed by atoms with van der Waals surface area (Å²) in [6.45, 7) is 4.35. The summed E-state index contributed by atoms with van der Waals surface area (Å²) in [6, 6.07) is 6.30. The molecule has 1 aromatic carbocycles. The molecule has 1 fully saturated rings. The molecule has 0 amide bonds. The second kappa shape index (κ2) is 6.78. The first kappa shape index (κ1) is 14.2. The number of rotatable bonds is 6. The van der Waals surface area contributed by atoms with Gasteiger partial charge in [0.1, 0.15) is 6.61 Å². The monoisotopic (exact) mass is 265 g/mol. The van der Waals surface area contributed by atoms with Gasteiger partial charge < -0.3 is 19.5 Å². The number of nitrogens with one attached hydrogen (secondary N) is 1. The summed E-state index contributed by atoms with van der Waals surface area (Å²) in [7, 11) is 3.64. The summed E-state index contributed by atoms with van der Waals surface area (Å²) in [5, 5.41) is 3.32. The maximum atomic E-state index is 5.91. The Hall–Kier alpha value is -1.26. The van der Waals surface area contributed by atoms with Crippen LogP contribution in [0.2, 0.25) is 0 Å². The van der Waals surface area contributed by atoms with Crippen LogP contribution in [0.5, 0.6) is 11.5 Å². The van der Waals surface area contributed by atoms with Crippen LogP contribution in [0.25, 0.3) is 0 Å². The van der Waals surface area contributed by atoms with Crippen molar-refractivity contribution >= 4 is 0 Å². The SMILES string of the molecule is CNC(COc1ccc(C)cc1OC)C1CCOC1. The molecular weight excluding hydrogens is 242 g/mol. The lowest BCUT2D eigenvalue weighted by molar-refractivity contribution is 0.161. The average Bonchev–Trinajstić information content (AvgIpc) is 2.94. The van der Waals surface area contributed by atoms with Crippen molar-refractivity contribution in [1.82, 2.24) is 5.32 Å². The van der Waals surface area contributed by atoms with Gasteiger partial charge in [-0.05, 0) is 38.1 Å². The summed E-state index contributed by atoms with van der Waals surface area (Å²) in [6.07, 6.45) is 1.10. The van der Waals surface area contributed by atoms with Gasteiger partial charge in [-0.1, -0.05) is 6.07 Å². The molecule has 0 bridgehead atoms. The van der Waals surface area contributed by atoms with E-state index in [0.29, 0.717) is 18.6 Å². The lowest BCUT2D eigenvalue weighted by atomic mass is 10.00. The van der Waals surface area contributed by atoms with Gasteiger partial charge in [-0.2, -0.15) is 0 Å². The van der Waals surface area contributed by atoms with Gasteiger partial charge in [0.2, 0.25) is 0 Å². The molecule has 0 saturated carbocycles. The van der Waals surface area contributed by atoms with Crippen molar-refractivity contribution in [3.63, 3.8) is 0 Å². The fraction of sp³-hybridized carbons (Fsp3) is 0.600. The Labute approximate surface area is 115 Å². The maximum Gasteiger partial charge on any atom is 0.161 e. The molecule has 1 heterocycles.